The van der Waals surface area contributed by atoms with Crippen LogP contribution in [0.1, 0.15) is 16.7 Å². The van der Waals surface area contributed by atoms with Gasteiger partial charge in [-0.3, -0.25) is 14.9 Å². The van der Waals surface area contributed by atoms with Crippen molar-refractivity contribution in [2.45, 2.75) is 20.8 Å². The van der Waals surface area contributed by atoms with E-state index >= 15 is 0 Å². The standard InChI is InChI=1S/C19H20N2O6/c1-12-6-13(2)8-16(7-12)26-11-19(23)27-10-18(22)20-17-5-4-15(21(24)25)9-14(17)3/h4-9H,10-11H2,1-3H3,(H,20,22). The molecular weight excluding hydrogens is 352 g/mol. The monoisotopic (exact) mass is 372 g/mol. The van der Waals surface area contributed by atoms with Gasteiger partial charge in [-0.25, -0.2) is 4.79 Å². The van der Waals surface area contributed by atoms with E-state index in [-0.39, 0.29) is 12.3 Å². The molecule has 0 atom stereocenters. The molecule has 0 aliphatic carbocycles. The van der Waals surface area contributed by atoms with Gasteiger partial charge in [0.15, 0.2) is 13.2 Å². The first kappa shape index (κ1) is 19.9. The van der Waals surface area contributed by atoms with Gasteiger partial charge in [-0.15, -0.1) is 0 Å². The molecule has 0 aliphatic rings. The molecule has 0 unspecified atom stereocenters. The van der Waals surface area contributed by atoms with E-state index in [0.29, 0.717) is 17.0 Å². The second-order valence-corrected chi connectivity index (χ2v) is 6.08. The van der Waals surface area contributed by atoms with Gasteiger partial charge in [-0.2, -0.15) is 0 Å². The zero-order valence-electron chi connectivity index (χ0n) is 15.3. The first-order chi connectivity index (χ1) is 12.7. The van der Waals surface area contributed by atoms with Crippen molar-refractivity contribution in [1.82, 2.24) is 0 Å². The minimum absolute atomic E-state index is 0.0690. The lowest BCUT2D eigenvalue weighted by atomic mass is 10.1. The number of ether oxygens (including phenoxy) is 2. The Morgan fingerprint density at radius 1 is 1.04 bits per heavy atom. The highest BCUT2D eigenvalue weighted by Crippen LogP contribution is 2.21. The number of esters is 1. The summed E-state index contributed by atoms with van der Waals surface area (Å²) in [4.78, 5) is 33.8. The van der Waals surface area contributed by atoms with E-state index in [1.54, 1.807) is 19.1 Å². The Morgan fingerprint density at radius 3 is 2.30 bits per heavy atom. The number of amides is 1. The van der Waals surface area contributed by atoms with E-state index in [1.165, 1.54) is 18.2 Å². The largest absolute Gasteiger partial charge is 0.482 e. The molecule has 8 nitrogen and oxygen atoms in total. The molecule has 27 heavy (non-hydrogen) atoms. The Morgan fingerprint density at radius 2 is 1.70 bits per heavy atom. The van der Waals surface area contributed by atoms with Gasteiger partial charge in [-0.1, -0.05) is 6.07 Å². The smallest absolute Gasteiger partial charge is 0.344 e. The van der Waals surface area contributed by atoms with Gasteiger partial charge in [0.1, 0.15) is 5.75 Å². The maximum atomic E-state index is 11.9. The Hall–Kier alpha value is -3.42. The summed E-state index contributed by atoms with van der Waals surface area (Å²) in [5.41, 5.74) is 2.89. The average Bonchev–Trinajstić information content (AvgIpc) is 2.59. The quantitative estimate of drug-likeness (QED) is 0.455. The molecule has 0 radical (unpaired) electrons. The molecule has 0 saturated carbocycles. The number of carbonyl (C=O) groups is 2. The SMILES string of the molecule is Cc1cc(C)cc(OCC(=O)OCC(=O)Nc2ccc([N+](=O)[O-])cc2C)c1. The van der Waals surface area contributed by atoms with Crippen molar-refractivity contribution < 1.29 is 24.0 Å². The lowest BCUT2D eigenvalue weighted by Crippen LogP contribution is -2.24. The Kier molecular flexibility index (Phi) is 6.48. The van der Waals surface area contributed by atoms with E-state index in [2.05, 4.69) is 5.32 Å². The normalized spacial score (nSPS) is 10.2. The third kappa shape index (κ3) is 6.10. The molecule has 0 fully saturated rings. The number of nitro benzene ring substituents is 1. The molecule has 8 heteroatoms. The summed E-state index contributed by atoms with van der Waals surface area (Å²) in [5, 5.41) is 13.3. The van der Waals surface area contributed by atoms with Crippen LogP contribution in [0.5, 0.6) is 5.75 Å². The maximum absolute atomic E-state index is 11.9. The number of aryl methyl sites for hydroxylation is 3. The van der Waals surface area contributed by atoms with Crippen LogP contribution in [0.25, 0.3) is 0 Å². The third-order valence-electron chi connectivity index (χ3n) is 3.61. The molecule has 0 heterocycles. The number of nitrogens with one attached hydrogen (secondary N) is 1. The highest BCUT2D eigenvalue weighted by Gasteiger charge is 2.12. The fourth-order valence-electron chi connectivity index (χ4n) is 2.43. The highest BCUT2D eigenvalue weighted by molar-refractivity contribution is 5.93. The van der Waals surface area contributed by atoms with Crippen LogP contribution in [0.2, 0.25) is 0 Å². The molecule has 0 spiro atoms. The van der Waals surface area contributed by atoms with Crippen LogP contribution in [0, 0.1) is 30.9 Å². The topological polar surface area (TPSA) is 108 Å². The summed E-state index contributed by atoms with van der Waals surface area (Å²) in [7, 11) is 0. The van der Waals surface area contributed by atoms with Gasteiger partial charge in [0.25, 0.3) is 11.6 Å². The fourth-order valence-corrected chi connectivity index (χ4v) is 2.43. The minimum Gasteiger partial charge on any atom is -0.482 e. The fraction of sp³-hybridized carbons (Fsp3) is 0.263. The van der Waals surface area contributed by atoms with E-state index < -0.39 is 23.4 Å². The molecule has 0 aromatic heterocycles. The minimum atomic E-state index is -0.676. The van der Waals surface area contributed by atoms with Gasteiger partial charge in [0.05, 0.1) is 4.92 Å². The molecule has 2 rings (SSSR count). The maximum Gasteiger partial charge on any atom is 0.344 e. The lowest BCUT2D eigenvalue weighted by molar-refractivity contribution is -0.384. The lowest BCUT2D eigenvalue weighted by Gasteiger charge is -2.10. The van der Waals surface area contributed by atoms with Crippen LogP contribution in [0.4, 0.5) is 11.4 Å². The van der Waals surface area contributed by atoms with Gasteiger partial charge in [0, 0.05) is 17.8 Å². The molecule has 1 amide bonds. The summed E-state index contributed by atoms with van der Waals surface area (Å²) in [6.07, 6.45) is 0. The molecule has 0 saturated heterocycles. The third-order valence-corrected chi connectivity index (χ3v) is 3.61. The van der Waals surface area contributed by atoms with Crippen molar-refractivity contribution in [2.75, 3.05) is 18.5 Å². The summed E-state index contributed by atoms with van der Waals surface area (Å²) in [6.45, 7) is 4.68. The summed E-state index contributed by atoms with van der Waals surface area (Å²) in [6, 6.07) is 9.63. The highest BCUT2D eigenvalue weighted by atomic mass is 16.6. The van der Waals surface area contributed by atoms with Gasteiger partial charge in [-0.05, 0) is 55.7 Å². The Balaban J connectivity index is 1.81. The van der Waals surface area contributed by atoms with Crippen LogP contribution in [0.3, 0.4) is 0 Å². The molecule has 2 aromatic carbocycles. The van der Waals surface area contributed by atoms with Crippen molar-refractivity contribution in [1.29, 1.82) is 0 Å². The number of hydrogen-bond donors (Lipinski definition) is 1. The zero-order valence-corrected chi connectivity index (χ0v) is 15.3. The summed E-state index contributed by atoms with van der Waals surface area (Å²) in [5.74, 6) is -0.674. The zero-order chi connectivity index (χ0) is 20.0. The van der Waals surface area contributed by atoms with E-state index in [1.807, 2.05) is 19.9 Å². The number of benzene rings is 2. The van der Waals surface area contributed by atoms with E-state index in [9.17, 15) is 19.7 Å². The second-order valence-electron chi connectivity index (χ2n) is 6.08. The van der Waals surface area contributed by atoms with E-state index in [4.69, 9.17) is 9.47 Å². The molecule has 0 bridgehead atoms. The molecule has 142 valence electrons. The van der Waals surface area contributed by atoms with Crippen molar-refractivity contribution in [3.05, 3.63) is 63.2 Å². The van der Waals surface area contributed by atoms with Crippen LogP contribution in [-0.2, 0) is 14.3 Å². The number of non-ortho nitro benzene ring substituents is 1. The number of rotatable bonds is 7. The first-order valence-electron chi connectivity index (χ1n) is 8.16. The molecule has 1 N–H and O–H groups in total. The average molecular weight is 372 g/mol. The van der Waals surface area contributed by atoms with Gasteiger partial charge >= 0.3 is 5.97 Å². The Bertz CT molecular complexity index is 858. The van der Waals surface area contributed by atoms with Crippen LogP contribution in [-0.4, -0.2) is 30.0 Å². The molecular formula is C19H20N2O6. The van der Waals surface area contributed by atoms with E-state index in [0.717, 1.165) is 11.1 Å². The van der Waals surface area contributed by atoms with Gasteiger partial charge < -0.3 is 14.8 Å². The van der Waals surface area contributed by atoms with Crippen LogP contribution in [0.15, 0.2) is 36.4 Å². The Labute approximate surface area is 156 Å². The van der Waals surface area contributed by atoms with Crippen LogP contribution < -0.4 is 10.1 Å². The van der Waals surface area contributed by atoms with Crippen LogP contribution >= 0.6 is 0 Å². The second kappa shape index (κ2) is 8.79. The predicted octanol–water partition coefficient (Wildman–Crippen LogP) is 3.08. The predicted molar refractivity (Wildman–Crippen MR) is 98.8 cm³/mol. The number of nitrogens with zero attached hydrogens (tertiary/aromatic N) is 1. The molecule has 0 aliphatic heterocycles. The van der Waals surface area contributed by atoms with Crippen molar-refractivity contribution in [3.63, 3.8) is 0 Å². The first-order valence-corrected chi connectivity index (χ1v) is 8.16. The summed E-state index contributed by atoms with van der Waals surface area (Å²) >= 11 is 0. The van der Waals surface area contributed by atoms with Crippen molar-refractivity contribution in [2.24, 2.45) is 0 Å². The number of nitro groups is 1. The van der Waals surface area contributed by atoms with Gasteiger partial charge in [0.2, 0.25) is 0 Å². The number of anilines is 1. The summed E-state index contributed by atoms with van der Waals surface area (Å²) < 4.78 is 10.2. The molecule has 2 aromatic rings. The number of carbonyl (C=O) groups excluding carboxylic acids is 2. The van der Waals surface area contributed by atoms with Crippen molar-refractivity contribution in [3.8, 4) is 5.75 Å². The number of hydrogen-bond acceptors (Lipinski definition) is 6. The van der Waals surface area contributed by atoms with Crippen molar-refractivity contribution >= 4 is 23.3 Å².